The lowest BCUT2D eigenvalue weighted by Gasteiger charge is -2.08. The van der Waals surface area contributed by atoms with Crippen LogP contribution in [0.15, 0.2) is 27.6 Å². The molecule has 8 heteroatoms. The second-order valence-electron chi connectivity index (χ2n) is 4.32. The standard InChI is InChI=1S/C12H13BrN4O2S/c1-7-6-10(4-5-11(7)13)20(18,19)17-12-14-8(2)9(3)15-16-12/h4-6H,1-3H3,(H,14,16,17). The van der Waals surface area contributed by atoms with E-state index < -0.39 is 10.0 Å². The Labute approximate surface area is 125 Å². The normalized spacial score (nSPS) is 11.4. The molecular formula is C12H13BrN4O2S. The number of rotatable bonds is 3. The Hall–Kier alpha value is -1.54. The average Bonchev–Trinajstić information content (AvgIpc) is 2.37. The van der Waals surface area contributed by atoms with Crippen molar-refractivity contribution in [2.75, 3.05) is 4.72 Å². The Morgan fingerprint density at radius 2 is 1.80 bits per heavy atom. The molecular weight excluding hydrogens is 344 g/mol. The number of aromatic nitrogens is 3. The van der Waals surface area contributed by atoms with Gasteiger partial charge in [-0.05, 0) is 44.5 Å². The van der Waals surface area contributed by atoms with E-state index in [-0.39, 0.29) is 10.8 Å². The second kappa shape index (κ2) is 5.45. The zero-order chi connectivity index (χ0) is 14.9. The molecule has 1 N–H and O–H groups in total. The third kappa shape index (κ3) is 3.13. The highest BCUT2D eigenvalue weighted by atomic mass is 79.9. The van der Waals surface area contributed by atoms with Crippen LogP contribution in [0, 0.1) is 20.8 Å². The quantitative estimate of drug-likeness (QED) is 0.912. The van der Waals surface area contributed by atoms with Crippen LogP contribution in [0.25, 0.3) is 0 Å². The van der Waals surface area contributed by atoms with Crippen LogP contribution in [0.4, 0.5) is 5.95 Å². The summed E-state index contributed by atoms with van der Waals surface area (Å²) < 4.78 is 27.6. The summed E-state index contributed by atoms with van der Waals surface area (Å²) in [4.78, 5) is 4.20. The van der Waals surface area contributed by atoms with Crippen molar-refractivity contribution >= 4 is 31.9 Å². The van der Waals surface area contributed by atoms with Crippen LogP contribution >= 0.6 is 15.9 Å². The van der Waals surface area contributed by atoms with Gasteiger partial charge in [-0.3, -0.25) is 0 Å². The highest BCUT2D eigenvalue weighted by Crippen LogP contribution is 2.21. The number of aryl methyl sites for hydroxylation is 3. The lowest BCUT2D eigenvalue weighted by Crippen LogP contribution is -2.16. The topological polar surface area (TPSA) is 84.8 Å². The van der Waals surface area contributed by atoms with E-state index in [0.717, 1.165) is 10.0 Å². The number of sulfonamides is 1. The highest BCUT2D eigenvalue weighted by molar-refractivity contribution is 9.10. The van der Waals surface area contributed by atoms with Crippen LogP contribution in [0.1, 0.15) is 17.0 Å². The van der Waals surface area contributed by atoms with E-state index in [1.807, 2.05) is 6.92 Å². The van der Waals surface area contributed by atoms with Crippen molar-refractivity contribution in [3.63, 3.8) is 0 Å². The summed E-state index contributed by atoms with van der Waals surface area (Å²) in [6.07, 6.45) is 0. The number of hydrogen-bond donors (Lipinski definition) is 1. The zero-order valence-corrected chi connectivity index (χ0v) is 13.6. The van der Waals surface area contributed by atoms with Crippen LogP contribution in [-0.2, 0) is 10.0 Å². The molecule has 0 aliphatic rings. The van der Waals surface area contributed by atoms with Crippen molar-refractivity contribution in [2.24, 2.45) is 0 Å². The first kappa shape index (κ1) is 14.9. The fraction of sp³-hybridized carbons (Fsp3) is 0.250. The van der Waals surface area contributed by atoms with E-state index in [9.17, 15) is 8.42 Å². The number of benzene rings is 1. The second-order valence-corrected chi connectivity index (χ2v) is 6.86. The van der Waals surface area contributed by atoms with Gasteiger partial charge in [0.05, 0.1) is 16.3 Å². The van der Waals surface area contributed by atoms with Gasteiger partial charge in [-0.2, -0.15) is 5.10 Å². The summed E-state index contributed by atoms with van der Waals surface area (Å²) in [6, 6.07) is 4.76. The zero-order valence-electron chi connectivity index (χ0n) is 11.2. The molecule has 0 bridgehead atoms. The monoisotopic (exact) mass is 356 g/mol. The minimum atomic E-state index is -3.72. The maximum absolute atomic E-state index is 12.2. The van der Waals surface area contributed by atoms with Crippen molar-refractivity contribution in [1.29, 1.82) is 0 Å². The van der Waals surface area contributed by atoms with Gasteiger partial charge >= 0.3 is 0 Å². The SMILES string of the molecule is Cc1cc(S(=O)(=O)Nc2nnc(C)c(C)n2)ccc1Br. The van der Waals surface area contributed by atoms with Crippen LogP contribution in [0.3, 0.4) is 0 Å². The molecule has 0 saturated heterocycles. The summed E-state index contributed by atoms with van der Waals surface area (Å²) in [5.74, 6) is -0.0336. The third-order valence-electron chi connectivity index (χ3n) is 2.76. The molecule has 0 amide bonds. The average molecular weight is 357 g/mol. The summed E-state index contributed by atoms with van der Waals surface area (Å²) in [5.41, 5.74) is 2.11. The number of nitrogens with zero attached hydrogens (tertiary/aromatic N) is 3. The van der Waals surface area contributed by atoms with E-state index in [1.165, 1.54) is 6.07 Å². The molecule has 0 saturated carbocycles. The molecule has 2 rings (SSSR count). The number of halogens is 1. The molecule has 1 heterocycles. The molecule has 0 atom stereocenters. The fourth-order valence-electron chi connectivity index (χ4n) is 1.46. The van der Waals surface area contributed by atoms with Crippen molar-refractivity contribution < 1.29 is 8.42 Å². The molecule has 0 radical (unpaired) electrons. The van der Waals surface area contributed by atoms with Gasteiger partial charge in [-0.1, -0.05) is 15.9 Å². The van der Waals surface area contributed by atoms with E-state index in [1.54, 1.807) is 26.0 Å². The smallest absolute Gasteiger partial charge is 0.246 e. The third-order valence-corrected chi connectivity index (χ3v) is 4.97. The van der Waals surface area contributed by atoms with Crippen molar-refractivity contribution in [2.45, 2.75) is 25.7 Å². The molecule has 6 nitrogen and oxygen atoms in total. The maximum atomic E-state index is 12.2. The molecule has 0 aliphatic heterocycles. The Balaban J connectivity index is 2.35. The Bertz CT molecular complexity index is 762. The maximum Gasteiger partial charge on any atom is 0.264 e. The number of anilines is 1. The minimum Gasteiger partial charge on any atom is -0.246 e. The van der Waals surface area contributed by atoms with Gasteiger partial charge in [-0.25, -0.2) is 18.1 Å². The van der Waals surface area contributed by atoms with Gasteiger partial charge in [0.15, 0.2) is 0 Å². The highest BCUT2D eigenvalue weighted by Gasteiger charge is 2.17. The molecule has 0 unspecified atom stereocenters. The van der Waals surface area contributed by atoms with Crippen molar-refractivity contribution in [1.82, 2.24) is 15.2 Å². The van der Waals surface area contributed by atoms with Crippen LogP contribution < -0.4 is 4.72 Å². The van der Waals surface area contributed by atoms with E-state index in [0.29, 0.717) is 11.4 Å². The first-order valence-electron chi connectivity index (χ1n) is 5.76. The molecule has 1 aromatic heterocycles. The van der Waals surface area contributed by atoms with Crippen LogP contribution in [0.2, 0.25) is 0 Å². The van der Waals surface area contributed by atoms with E-state index in [4.69, 9.17) is 0 Å². The van der Waals surface area contributed by atoms with E-state index in [2.05, 4.69) is 35.8 Å². The van der Waals surface area contributed by atoms with Gasteiger partial charge in [-0.15, -0.1) is 5.10 Å². The molecule has 106 valence electrons. The fourth-order valence-corrected chi connectivity index (χ4v) is 2.73. The van der Waals surface area contributed by atoms with Gasteiger partial charge in [0, 0.05) is 4.47 Å². The van der Waals surface area contributed by atoms with Crippen LogP contribution in [0.5, 0.6) is 0 Å². The molecule has 1 aromatic carbocycles. The summed E-state index contributed by atoms with van der Waals surface area (Å²) in [6.45, 7) is 5.31. The molecule has 20 heavy (non-hydrogen) atoms. The Morgan fingerprint density at radius 3 is 2.40 bits per heavy atom. The largest absolute Gasteiger partial charge is 0.264 e. The first-order chi connectivity index (χ1) is 9.29. The van der Waals surface area contributed by atoms with Crippen LogP contribution in [-0.4, -0.2) is 23.6 Å². The van der Waals surface area contributed by atoms with Crippen molar-refractivity contribution in [3.05, 3.63) is 39.6 Å². The lowest BCUT2D eigenvalue weighted by molar-refractivity contribution is 0.600. The van der Waals surface area contributed by atoms with Crippen molar-refractivity contribution in [3.8, 4) is 0 Å². The number of hydrogen-bond acceptors (Lipinski definition) is 5. The predicted molar refractivity (Wildman–Crippen MR) is 79.0 cm³/mol. The first-order valence-corrected chi connectivity index (χ1v) is 8.04. The predicted octanol–water partition coefficient (Wildman–Crippen LogP) is 2.36. The van der Waals surface area contributed by atoms with Gasteiger partial charge in [0.2, 0.25) is 0 Å². The molecule has 0 fully saturated rings. The Morgan fingerprint density at radius 1 is 1.10 bits per heavy atom. The van der Waals surface area contributed by atoms with Gasteiger partial charge in [0.1, 0.15) is 0 Å². The molecule has 0 spiro atoms. The summed E-state index contributed by atoms with van der Waals surface area (Å²) in [5, 5.41) is 7.57. The summed E-state index contributed by atoms with van der Waals surface area (Å²) in [7, 11) is -3.72. The summed E-state index contributed by atoms with van der Waals surface area (Å²) >= 11 is 3.33. The minimum absolute atomic E-state index is 0.0336. The van der Waals surface area contributed by atoms with Gasteiger partial charge in [0.25, 0.3) is 16.0 Å². The number of nitrogens with one attached hydrogen (secondary N) is 1. The van der Waals surface area contributed by atoms with E-state index >= 15 is 0 Å². The van der Waals surface area contributed by atoms with Gasteiger partial charge < -0.3 is 0 Å². The lowest BCUT2D eigenvalue weighted by atomic mass is 10.2. The Kier molecular flexibility index (Phi) is 4.05. The molecule has 2 aromatic rings. The molecule has 0 aliphatic carbocycles.